The maximum absolute atomic E-state index is 3.55. The number of nitrogens with one attached hydrogen (secondary N) is 1. The Hall–Kier alpha value is -1.96. The van der Waals surface area contributed by atoms with Crippen LogP contribution in [0.2, 0.25) is 0 Å². The van der Waals surface area contributed by atoms with Crippen LogP contribution in [0.1, 0.15) is 16.7 Å². The minimum absolute atomic E-state index is 0.506. The van der Waals surface area contributed by atoms with Gasteiger partial charge in [0.25, 0.3) is 0 Å². The van der Waals surface area contributed by atoms with Gasteiger partial charge in [-0.05, 0) is 55.2 Å². The van der Waals surface area contributed by atoms with Crippen LogP contribution in [0, 0.1) is 13.8 Å². The van der Waals surface area contributed by atoms with Crippen molar-refractivity contribution in [3.8, 4) is 0 Å². The van der Waals surface area contributed by atoms with Crippen molar-refractivity contribution in [3.63, 3.8) is 0 Å². The van der Waals surface area contributed by atoms with Crippen LogP contribution in [0.15, 0.2) is 42.5 Å². The number of likely N-dealkylation sites (N-methyl/N-ethyl adjacent to an activating group) is 1. The van der Waals surface area contributed by atoms with Crippen LogP contribution in [0.3, 0.4) is 0 Å². The summed E-state index contributed by atoms with van der Waals surface area (Å²) in [6, 6.07) is 15.9. The quantitative estimate of drug-likeness (QED) is 0.890. The highest BCUT2D eigenvalue weighted by atomic mass is 15.2. The van der Waals surface area contributed by atoms with Gasteiger partial charge in [-0.3, -0.25) is 0 Å². The maximum atomic E-state index is 3.55. The molecule has 0 spiro atoms. The molecule has 20 heavy (non-hydrogen) atoms. The van der Waals surface area contributed by atoms with E-state index < -0.39 is 0 Å². The van der Waals surface area contributed by atoms with Crippen molar-refractivity contribution in [3.05, 3.63) is 59.2 Å². The van der Waals surface area contributed by atoms with Crippen molar-refractivity contribution in [1.82, 2.24) is 0 Å². The molecule has 2 aromatic rings. The number of hydrogen-bond donors (Lipinski definition) is 1. The number of hydrogen-bond acceptors (Lipinski definition) is 2. The molecule has 0 aromatic heterocycles. The molecule has 1 N–H and O–H groups in total. The number of nitrogens with zero attached hydrogens (tertiary/aromatic N) is 1. The van der Waals surface area contributed by atoms with Crippen LogP contribution in [-0.4, -0.2) is 19.6 Å². The largest absolute Gasteiger partial charge is 0.383 e. The van der Waals surface area contributed by atoms with Crippen LogP contribution < -0.4 is 10.2 Å². The summed E-state index contributed by atoms with van der Waals surface area (Å²) in [5, 5.41) is 3.55. The Morgan fingerprint density at radius 2 is 1.75 bits per heavy atom. The molecular formula is C18H22N2. The van der Waals surface area contributed by atoms with E-state index in [1.54, 1.807) is 0 Å². The zero-order valence-electron chi connectivity index (χ0n) is 12.5. The van der Waals surface area contributed by atoms with Gasteiger partial charge >= 0.3 is 0 Å². The molecule has 1 unspecified atom stereocenters. The zero-order valence-corrected chi connectivity index (χ0v) is 12.5. The molecule has 0 saturated carbocycles. The summed E-state index contributed by atoms with van der Waals surface area (Å²) < 4.78 is 0. The molecule has 0 bridgehead atoms. The van der Waals surface area contributed by atoms with Gasteiger partial charge in [0.1, 0.15) is 0 Å². The normalized spacial score (nSPS) is 17.2. The second kappa shape index (κ2) is 5.20. The fraction of sp³-hybridized carbons (Fsp3) is 0.333. The molecule has 0 radical (unpaired) electrons. The van der Waals surface area contributed by atoms with E-state index in [1.165, 1.54) is 28.1 Å². The first-order valence-corrected chi connectivity index (χ1v) is 7.26. The Morgan fingerprint density at radius 1 is 1.05 bits per heavy atom. The molecule has 0 amide bonds. The lowest BCUT2D eigenvalue weighted by Gasteiger charge is -2.35. The van der Waals surface area contributed by atoms with Gasteiger partial charge in [0.05, 0.1) is 0 Å². The highest BCUT2D eigenvalue weighted by Gasteiger charge is 2.21. The zero-order chi connectivity index (χ0) is 14.1. The van der Waals surface area contributed by atoms with Gasteiger partial charge in [-0.25, -0.2) is 0 Å². The average molecular weight is 266 g/mol. The maximum Gasteiger partial charge on any atom is 0.0500 e. The van der Waals surface area contributed by atoms with Gasteiger partial charge < -0.3 is 10.2 Å². The van der Waals surface area contributed by atoms with E-state index in [0.29, 0.717) is 6.04 Å². The molecule has 1 heterocycles. The number of fused-ring (bicyclic) bond motifs is 1. The first-order valence-electron chi connectivity index (χ1n) is 7.26. The lowest BCUT2D eigenvalue weighted by Crippen LogP contribution is -2.41. The molecule has 2 aromatic carbocycles. The van der Waals surface area contributed by atoms with Crippen LogP contribution in [-0.2, 0) is 6.42 Å². The highest BCUT2D eigenvalue weighted by Crippen LogP contribution is 2.26. The summed E-state index contributed by atoms with van der Waals surface area (Å²) in [6.07, 6.45) is 1.10. The Bertz CT molecular complexity index is 598. The summed E-state index contributed by atoms with van der Waals surface area (Å²) >= 11 is 0. The van der Waals surface area contributed by atoms with Crippen LogP contribution >= 0.6 is 0 Å². The van der Waals surface area contributed by atoms with Gasteiger partial charge in [0.15, 0.2) is 0 Å². The third-order valence-electron chi connectivity index (χ3n) is 4.16. The molecule has 104 valence electrons. The molecule has 1 aliphatic heterocycles. The predicted molar refractivity (Wildman–Crippen MR) is 86.7 cm³/mol. The second-order valence-electron chi connectivity index (χ2n) is 5.85. The smallest absolute Gasteiger partial charge is 0.0500 e. The second-order valence-corrected chi connectivity index (χ2v) is 5.85. The number of rotatable bonds is 2. The van der Waals surface area contributed by atoms with E-state index in [2.05, 4.69) is 73.6 Å². The summed E-state index contributed by atoms with van der Waals surface area (Å²) in [5.74, 6) is 0. The number of para-hydroxylation sites is 1. The minimum Gasteiger partial charge on any atom is -0.383 e. The van der Waals surface area contributed by atoms with Gasteiger partial charge in [0, 0.05) is 31.0 Å². The highest BCUT2D eigenvalue weighted by molar-refractivity contribution is 5.57. The molecule has 1 atom stereocenters. The summed E-state index contributed by atoms with van der Waals surface area (Å²) in [6.45, 7) is 5.33. The Labute approximate surface area is 121 Å². The molecule has 0 aliphatic carbocycles. The predicted octanol–water partition coefficient (Wildman–Crippen LogP) is 3.78. The first kappa shape index (κ1) is 13.0. The summed E-state index contributed by atoms with van der Waals surface area (Å²) in [5.41, 5.74) is 6.68. The molecule has 0 saturated heterocycles. The standard InChI is InChI=1S/C18H22N2/c1-13-8-14(2)10-16(9-13)20(3)17-11-15-6-4-5-7-18(15)19-12-17/h4-10,17,19H,11-12H2,1-3H3. The average Bonchev–Trinajstić information content (AvgIpc) is 2.45. The number of benzene rings is 2. The van der Waals surface area contributed by atoms with Crippen LogP contribution in [0.4, 0.5) is 11.4 Å². The molecule has 1 aliphatic rings. The monoisotopic (exact) mass is 266 g/mol. The van der Waals surface area contributed by atoms with Gasteiger partial charge in [-0.1, -0.05) is 24.3 Å². The van der Waals surface area contributed by atoms with E-state index in [9.17, 15) is 0 Å². The van der Waals surface area contributed by atoms with Crippen molar-refractivity contribution < 1.29 is 0 Å². The lowest BCUT2D eigenvalue weighted by molar-refractivity contribution is 0.635. The van der Waals surface area contributed by atoms with Crippen molar-refractivity contribution in [2.45, 2.75) is 26.3 Å². The Morgan fingerprint density at radius 3 is 2.50 bits per heavy atom. The van der Waals surface area contributed by atoms with E-state index in [4.69, 9.17) is 0 Å². The third-order valence-corrected chi connectivity index (χ3v) is 4.16. The molecule has 0 fully saturated rings. The summed E-state index contributed by atoms with van der Waals surface area (Å²) in [7, 11) is 2.20. The topological polar surface area (TPSA) is 15.3 Å². The van der Waals surface area contributed by atoms with Crippen molar-refractivity contribution in [2.24, 2.45) is 0 Å². The third kappa shape index (κ3) is 2.51. The van der Waals surface area contributed by atoms with Crippen LogP contribution in [0.5, 0.6) is 0 Å². The minimum atomic E-state index is 0.506. The van der Waals surface area contributed by atoms with Gasteiger partial charge in [0.2, 0.25) is 0 Å². The summed E-state index contributed by atoms with van der Waals surface area (Å²) in [4.78, 5) is 2.41. The molecular weight excluding hydrogens is 244 g/mol. The Kier molecular flexibility index (Phi) is 3.39. The van der Waals surface area contributed by atoms with Gasteiger partial charge in [-0.15, -0.1) is 0 Å². The van der Waals surface area contributed by atoms with E-state index in [-0.39, 0.29) is 0 Å². The lowest BCUT2D eigenvalue weighted by atomic mass is 9.98. The van der Waals surface area contributed by atoms with E-state index in [1.807, 2.05) is 0 Å². The fourth-order valence-corrected chi connectivity index (χ4v) is 3.06. The van der Waals surface area contributed by atoms with E-state index >= 15 is 0 Å². The SMILES string of the molecule is Cc1cc(C)cc(N(C)C2CNc3ccccc3C2)c1. The van der Waals surface area contributed by atoms with Crippen LogP contribution in [0.25, 0.3) is 0 Å². The van der Waals surface area contributed by atoms with Crippen molar-refractivity contribution in [2.75, 3.05) is 23.8 Å². The molecule has 2 nitrogen and oxygen atoms in total. The molecule has 2 heteroatoms. The van der Waals surface area contributed by atoms with Crippen molar-refractivity contribution >= 4 is 11.4 Å². The van der Waals surface area contributed by atoms with Crippen molar-refractivity contribution in [1.29, 1.82) is 0 Å². The Balaban J connectivity index is 1.83. The first-order chi connectivity index (χ1) is 9.63. The number of anilines is 2. The van der Waals surface area contributed by atoms with E-state index in [0.717, 1.165) is 13.0 Å². The van der Waals surface area contributed by atoms with Gasteiger partial charge in [-0.2, -0.15) is 0 Å². The number of aryl methyl sites for hydroxylation is 2. The fourth-order valence-electron chi connectivity index (χ4n) is 3.06. The molecule has 3 rings (SSSR count).